The third-order valence-electron chi connectivity index (χ3n) is 6.88. The first kappa shape index (κ1) is 29.2. The predicted octanol–water partition coefficient (Wildman–Crippen LogP) is 5.73. The lowest BCUT2D eigenvalue weighted by Gasteiger charge is -2.26. The van der Waals surface area contributed by atoms with Crippen molar-refractivity contribution in [1.82, 2.24) is 9.63 Å². The summed E-state index contributed by atoms with van der Waals surface area (Å²) in [5, 5.41) is 6.86. The van der Waals surface area contributed by atoms with Crippen LogP contribution in [-0.2, 0) is 30.6 Å². The Kier molecular flexibility index (Phi) is 8.66. The van der Waals surface area contributed by atoms with Gasteiger partial charge >= 0.3 is 11.9 Å². The van der Waals surface area contributed by atoms with Crippen molar-refractivity contribution < 1.29 is 28.9 Å². The summed E-state index contributed by atoms with van der Waals surface area (Å²) in [6.07, 6.45) is 0.134. The number of oxime groups is 1. The van der Waals surface area contributed by atoms with E-state index in [1.165, 1.54) is 20.8 Å². The van der Waals surface area contributed by atoms with Crippen LogP contribution in [0.25, 0.3) is 21.8 Å². The van der Waals surface area contributed by atoms with Gasteiger partial charge in [-0.3, -0.25) is 14.4 Å². The average molecular weight is 556 g/mol. The van der Waals surface area contributed by atoms with Gasteiger partial charge in [-0.05, 0) is 56.7 Å². The molecule has 1 atom stereocenters. The number of hydrogen-bond acceptors (Lipinski definition) is 7. The second-order valence-electron chi connectivity index (χ2n) is 9.95. The maximum Gasteiger partial charge on any atom is 0.331 e. The topological polar surface area (TPSA) is 107 Å². The molecule has 1 heterocycles. The molecule has 41 heavy (non-hydrogen) atoms. The third kappa shape index (κ3) is 6.19. The van der Waals surface area contributed by atoms with E-state index in [1.807, 2.05) is 67.6 Å². The van der Waals surface area contributed by atoms with Gasteiger partial charge in [-0.2, -0.15) is 5.06 Å². The van der Waals surface area contributed by atoms with Crippen molar-refractivity contribution in [2.75, 3.05) is 0 Å². The van der Waals surface area contributed by atoms with E-state index in [9.17, 15) is 19.2 Å². The van der Waals surface area contributed by atoms with Crippen LogP contribution in [0.5, 0.6) is 0 Å². The van der Waals surface area contributed by atoms with Crippen molar-refractivity contribution in [2.45, 2.75) is 60.5 Å². The normalized spacial score (nSPS) is 12.3. The van der Waals surface area contributed by atoms with Crippen LogP contribution >= 0.6 is 0 Å². The zero-order valence-corrected chi connectivity index (χ0v) is 24.1. The summed E-state index contributed by atoms with van der Waals surface area (Å²) in [6, 6.07) is 18.4. The van der Waals surface area contributed by atoms with Crippen molar-refractivity contribution in [3.8, 4) is 0 Å². The number of aromatic nitrogens is 1. The molecule has 0 bridgehead atoms. The first-order valence-electron chi connectivity index (χ1n) is 13.4. The molecule has 9 nitrogen and oxygen atoms in total. The lowest BCUT2D eigenvalue weighted by Crippen LogP contribution is -2.39. The van der Waals surface area contributed by atoms with Crippen molar-refractivity contribution in [2.24, 2.45) is 5.16 Å². The van der Waals surface area contributed by atoms with Gasteiger partial charge in [-0.1, -0.05) is 35.5 Å². The van der Waals surface area contributed by atoms with E-state index in [4.69, 9.17) is 9.68 Å². The fraction of sp³-hybridized carbons (Fsp3) is 0.281. The average Bonchev–Trinajstić information content (AvgIpc) is 3.25. The lowest BCUT2D eigenvalue weighted by molar-refractivity contribution is -0.202. The van der Waals surface area contributed by atoms with Crippen molar-refractivity contribution in [3.05, 3.63) is 82.9 Å². The number of benzene rings is 3. The van der Waals surface area contributed by atoms with E-state index < -0.39 is 23.9 Å². The molecule has 9 heteroatoms. The highest BCUT2D eigenvalue weighted by Gasteiger charge is 2.24. The van der Waals surface area contributed by atoms with Gasteiger partial charge in [0.15, 0.2) is 5.78 Å². The Morgan fingerprint density at radius 3 is 2.05 bits per heavy atom. The Hall–Kier alpha value is -4.79. The molecule has 0 spiro atoms. The molecule has 1 amide bonds. The SMILES string of the molecule is CCn1c2ccc(C(=O)c3ccccc3C)cc2c2cc(/C(CC(C)N(OC(C)=O)C(C)=O)=N/OC(C)=O)ccc21. The molecule has 0 saturated carbocycles. The summed E-state index contributed by atoms with van der Waals surface area (Å²) in [5.74, 6) is -1.73. The van der Waals surface area contributed by atoms with E-state index in [0.29, 0.717) is 28.9 Å². The first-order valence-corrected chi connectivity index (χ1v) is 13.4. The quantitative estimate of drug-likeness (QED) is 0.119. The maximum atomic E-state index is 13.4. The summed E-state index contributed by atoms with van der Waals surface area (Å²) >= 11 is 0. The first-order chi connectivity index (χ1) is 19.5. The molecule has 1 unspecified atom stereocenters. The van der Waals surface area contributed by atoms with Crippen LogP contribution in [0, 0.1) is 6.92 Å². The Morgan fingerprint density at radius 2 is 1.49 bits per heavy atom. The number of hydroxylamine groups is 2. The number of aryl methyl sites for hydroxylation is 2. The van der Waals surface area contributed by atoms with E-state index >= 15 is 0 Å². The second-order valence-corrected chi connectivity index (χ2v) is 9.95. The number of rotatable bonds is 8. The minimum absolute atomic E-state index is 0.0562. The summed E-state index contributed by atoms with van der Waals surface area (Å²) < 4.78 is 2.17. The van der Waals surface area contributed by atoms with Crippen LogP contribution in [-0.4, -0.2) is 45.0 Å². The van der Waals surface area contributed by atoms with Crippen LogP contribution < -0.4 is 0 Å². The Balaban J connectivity index is 1.83. The highest BCUT2D eigenvalue weighted by atomic mass is 16.7. The van der Waals surface area contributed by atoms with Crippen LogP contribution in [0.15, 0.2) is 65.8 Å². The minimum Gasteiger partial charge on any atom is -0.341 e. The molecular formula is C32H33N3O6. The monoisotopic (exact) mass is 555 g/mol. The molecule has 0 aliphatic rings. The molecule has 4 rings (SSSR count). The van der Waals surface area contributed by atoms with Crippen LogP contribution in [0.2, 0.25) is 0 Å². The predicted molar refractivity (Wildman–Crippen MR) is 156 cm³/mol. The number of carbonyl (C=O) groups excluding carboxylic acids is 4. The second kappa shape index (κ2) is 12.2. The summed E-state index contributed by atoms with van der Waals surface area (Å²) in [4.78, 5) is 58.9. The van der Waals surface area contributed by atoms with Crippen LogP contribution in [0.4, 0.5) is 0 Å². The molecule has 0 aliphatic heterocycles. The zero-order valence-electron chi connectivity index (χ0n) is 24.1. The molecular weight excluding hydrogens is 522 g/mol. The van der Waals surface area contributed by atoms with Gasteiger partial charge in [0.05, 0.1) is 11.8 Å². The molecule has 4 aromatic rings. The molecule has 0 aliphatic carbocycles. The largest absolute Gasteiger partial charge is 0.341 e. The molecule has 0 radical (unpaired) electrons. The Bertz CT molecular complexity index is 1700. The molecule has 3 aromatic carbocycles. The van der Waals surface area contributed by atoms with Gasteiger partial charge in [-0.25, -0.2) is 4.79 Å². The number of fused-ring (bicyclic) bond motifs is 3. The van der Waals surface area contributed by atoms with Gasteiger partial charge < -0.3 is 14.2 Å². The summed E-state index contributed by atoms with van der Waals surface area (Å²) in [7, 11) is 0. The summed E-state index contributed by atoms with van der Waals surface area (Å²) in [5.41, 5.74) is 5.12. The van der Waals surface area contributed by atoms with Gasteiger partial charge in [0.1, 0.15) is 0 Å². The molecule has 0 fully saturated rings. The van der Waals surface area contributed by atoms with Crippen molar-refractivity contribution in [3.63, 3.8) is 0 Å². The van der Waals surface area contributed by atoms with Gasteiger partial charge in [0.25, 0.3) is 5.91 Å². The van der Waals surface area contributed by atoms with Gasteiger partial charge in [0, 0.05) is 72.2 Å². The molecule has 0 N–H and O–H groups in total. The van der Waals surface area contributed by atoms with E-state index in [0.717, 1.165) is 32.4 Å². The highest BCUT2D eigenvalue weighted by Crippen LogP contribution is 2.32. The fourth-order valence-corrected chi connectivity index (χ4v) is 5.04. The van der Waals surface area contributed by atoms with Crippen LogP contribution in [0.1, 0.15) is 68.1 Å². The number of ketones is 1. The number of amides is 1. The Morgan fingerprint density at radius 1 is 0.878 bits per heavy atom. The van der Waals surface area contributed by atoms with Crippen LogP contribution in [0.3, 0.4) is 0 Å². The summed E-state index contributed by atoms with van der Waals surface area (Å²) in [6.45, 7) is 10.1. The molecule has 1 aromatic heterocycles. The molecule has 0 saturated heterocycles. The zero-order chi connectivity index (χ0) is 29.8. The van der Waals surface area contributed by atoms with Gasteiger partial charge in [-0.15, -0.1) is 0 Å². The van der Waals surface area contributed by atoms with E-state index in [-0.39, 0.29) is 12.2 Å². The van der Waals surface area contributed by atoms with Crippen molar-refractivity contribution in [1.29, 1.82) is 0 Å². The minimum atomic E-state index is -0.629. The third-order valence-corrected chi connectivity index (χ3v) is 6.88. The smallest absolute Gasteiger partial charge is 0.331 e. The fourth-order valence-electron chi connectivity index (χ4n) is 5.04. The number of nitrogens with zero attached hydrogens (tertiary/aromatic N) is 3. The van der Waals surface area contributed by atoms with E-state index in [1.54, 1.807) is 6.92 Å². The number of carbonyl (C=O) groups is 4. The van der Waals surface area contributed by atoms with Gasteiger partial charge in [0.2, 0.25) is 0 Å². The maximum absolute atomic E-state index is 13.4. The lowest BCUT2D eigenvalue weighted by atomic mass is 9.97. The standard InChI is InChI=1S/C32H33N3O6/c1-7-34-30-14-12-24(29(33-40-22(5)37)16-20(3)35(21(4)36)41-23(6)38)17-27(30)28-18-25(13-15-31(28)34)32(39)26-11-9-8-10-19(26)2/h8-15,17-18,20H,7,16H2,1-6H3/b33-29+. The highest BCUT2D eigenvalue weighted by molar-refractivity contribution is 6.16. The Labute approximate surface area is 238 Å². The van der Waals surface area contributed by atoms with Crippen molar-refractivity contribution >= 4 is 51.1 Å². The molecule has 212 valence electrons. The van der Waals surface area contributed by atoms with E-state index in [2.05, 4.69) is 16.6 Å². The number of hydrogen-bond donors (Lipinski definition) is 0.